The second-order valence-electron chi connectivity index (χ2n) is 3.90. The molecule has 3 rings (SSSR count). The molecule has 0 aliphatic rings. The van der Waals surface area contributed by atoms with Gasteiger partial charge in [-0.15, -0.1) is 0 Å². The Labute approximate surface area is 108 Å². The van der Waals surface area contributed by atoms with Gasteiger partial charge in [-0.3, -0.25) is 0 Å². The van der Waals surface area contributed by atoms with E-state index in [9.17, 15) is 0 Å². The van der Waals surface area contributed by atoms with Crippen LogP contribution in [-0.4, -0.2) is 15.0 Å². The lowest BCUT2D eigenvalue weighted by atomic mass is 10.1. The molecule has 0 spiro atoms. The predicted molar refractivity (Wildman–Crippen MR) is 73.2 cm³/mol. The molecule has 18 heavy (non-hydrogen) atoms. The van der Waals surface area contributed by atoms with Crippen LogP contribution < -0.4 is 11.5 Å². The second-order valence-corrected chi connectivity index (χ2v) is 4.34. The summed E-state index contributed by atoms with van der Waals surface area (Å²) in [5, 5.41) is 1.42. The number of aromatic nitrogens is 3. The molecule has 2 aromatic heterocycles. The Morgan fingerprint density at radius 3 is 2.78 bits per heavy atom. The van der Waals surface area contributed by atoms with E-state index in [2.05, 4.69) is 15.0 Å². The number of anilines is 2. The van der Waals surface area contributed by atoms with E-state index in [0.29, 0.717) is 16.5 Å². The van der Waals surface area contributed by atoms with Crippen LogP contribution in [0.3, 0.4) is 0 Å². The minimum atomic E-state index is 0.152. The van der Waals surface area contributed by atoms with Crippen molar-refractivity contribution >= 4 is 34.4 Å². The van der Waals surface area contributed by atoms with Crippen molar-refractivity contribution in [2.75, 3.05) is 11.5 Å². The Morgan fingerprint density at radius 2 is 2.00 bits per heavy atom. The first-order valence-electron chi connectivity index (χ1n) is 5.31. The van der Waals surface area contributed by atoms with Crippen molar-refractivity contribution in [2.45, 2.75) is 0 Å². The molecule has 0 aliphatic heterocycles. The highest BCUT2D eigenvalue weighted by Gasteiger charge is 2.12. The summed E-state index contributed by atoms with van der Waals surface area (Å²) in [7, 11) is 0. The number of nitrogens with zero attached hydrogens (tertiary/aromatic N) is 2. The van der Waals surface area contributed by atoms with Gasteiger partial charge in [-0.05, 0) is 17.7 Å². The normalized spacial score (nSPS) is 10.9. The molecule has 0 atom stereocenters. The molecule has 0 aliphatic carbocycles. The molecule has 6 heteroatoms. The minimum Gasteiger partial charge on any atom is -0.383 e. The number of hydrogen-bond acceptors (Lipinski definition) is 4. The molecular formula is C12H10ClN5. The van der Waals surface area contributed by atoms with E-state index in [4.69, 9.17) is 23.1 Å². The maximum absolute atomic E-state index is 5.99. The molecule has 0 amide bonds. The molecule has 0 unspecified atom stereocenters. The topological polar surface area (TPSA) is 93.6 Å². The number of aromatic amines is 1. The van der Waals surface area contributed by atoms with Gasteiger partial charge in [0, 0.05) is 16.8 Å². The fourth-order valence-electron chi connectivity index (χ4n) is 1.96. The standard InChI is InChI=1S/C12H10ClN5/c13-7-3-1-2-6(4-7)8-5-16-11-9(8)10(14)17-12(15)18-11/h1-5H,(H5,14,15,16,17,18). The van der Waals surface area contributed by atoms with E-state index in [0.717, 1.165) is 16.5 Å². The molecular weight excluding hydrogens is 250 g/mol. The highest BCUT2D eigenvalue weighted by Crippen LogP contribution is 2.32. The SMILES string of the molecule is Nc1nc(N)c2c(-c3cccc(Cl)c3)c[nH]c2n1. The zero-order valence-corrected chi connectivity index (χ0v) is 10.1. The van der Waals surface area contributed by atoms with Gasteiger partial charge < -0.3 is 16.5 Å². The van der Waals surface area contributed by atoms with Crippen LogP contribution in [0, 0.1) is 0 Å². The van der Waals surface area contributed by atoms with E-state index in [1.54, 1.807) is 0 Å². The smallest absolute Gasteiger partial charge is 0.223 e. The summed E-state index contributed by atoms with van der Waals surface area (Å²) in [4.78, 5) is 11.1. The molecule has 3 aromatic rings. The molecule has 0 radical (unpaired) electrons. The van der Waals surface area contributed by atoms with Gasteiger partial charge in [0.2, 0.25) is 5.95 Å². The lowest BCUT2D eigenvalue weighted by Gasteiger charge is -2.02. The van der Waals surface area contributed by atoms with Crippen molar-refractivity contribution in [3.8, 4) is 11.1 Å². The van der Waals surface area contributed by atoms with Crippen molar-refractivity contribution in [3.05, 3.63) is 35.5 Å². The summed E-state index contributed by atoms with van der Waals surface area (Å²) >= 11 is 5.99. The third-order valence-corrected chi connectivity index (χ3v) is 2.95. The first-order chi connectivity index (χ1) is 8.65. The van der Waals surface area contributed by atoms with Gasteiger partial charge in [0.25, 0.3) is 0 Å². The number of halogens is 1. The Morgan fingerprint density at radius 1 is 1.17 bits per heavy atom. The lowest BCUT2D eigenvalue weighted by molar-refractivity contribution is 1.22. The number of nitrogen functional groups attached to an aromatic ring is 2. The molecule has 0 saturated heterocycles. The van der Waals surface area contributed by atoms with Crippen LogP contribution in [0.15, 0.2) is 30.5 Å². The van der Waals surface area contributed by atoms with Crippen molar-refractivity contribution < 1.29 is 0 Å². The van der Waals surface area contributed by atoms with E-state index in [1.807, 2.05) is 30.5 Å². The average molecular weight is 260 g/mol. The molecule has 0 fully saturated rings. The number of H-pyrrole nitrogens is 1. The van der Waals surface area contributed by atoms with E-state index >= 15 is 0 Å². The van der Waals surface area contributed by atoms with Gasteiger partial charge in [-0.25, -0.2) is 0 Å². The van der Waals surface area contributed by atoms with Crippen molar-refractivity contribution in [1.29, 1.82) is 0 Å². The number of rotatable bonds is 1. The Bertz CT molecular complexity index is 734. The van der Waals surface area contributed by atoms with E-state index in [1.165, 1.54) is 0 Å². The average Bonchev–Trinajstić information content (AvgIpc) is 2.72. The number of benzene rings is 1. The minimum absolute atomic E-state index is 0.152. The van der Waals surface area contributed by atoms with Crippen LogP contribution >= 0.6 is 11.6 Å². The Balaban J connectivity index is 2.31. The van der Waals surface area contributed by atoms with E-state index < -0.39 is 0 Å². The first kappa shape index (κ1) is 10.9. The van der Waals surface area contributed by atoms with Crippen LogP contribution in [-0.2, 0) is 0 Å². The van der Waals surface area contributed by atoms with Crippen LogP contribution in [0.1, 0.15) is 0 Å². The maximum Gasteiger partial charge on any atom is 0.223 e. The molecule has 2 heterocycles. The van der Waals surface area contributed by atoms with Crippen LogP contribution in [0.2, 0.25) is 5.02 Å². The highest BCUT2D eigenvalue weighted by molar-refractivity contribution is 6.30. The Hall–Kier alpha value is -2.27. The number of hydrogen-bond donors (Lipinski definition) is 3. The van der Waals surface area contributed by atoms with Crippen molar-refractivity contribution in [1.82, 2.24) is 15.0 Å². The molecule has 0 bridgehead atoms. The fraction of sp³-hybridized carbons (Fsp3) is 0. The van der Waals surface area contributed by atoms with Crippen molar-refractivity contribution in [2.24, 2.45) is 0 Å². The summed E-state index contributed by atoms with van der Waals surface area (Å²) in [5.41, 5.74) is 13.9. The summed E-state index contributed by atoms with van der Waals surface area (Å²) in [6.45, 7) is 0. The van der Waals surface area contributed by atoms with Gasteiger partial charge in [-0.1, -0.05) is 23.7 Å². The first-order valence-corrected chi connectivity index (χ1v) is 5.69. The summed E-state index contributed by atoms with van der Waals surface area (Å²) in [6, 6.07) is 7.51. The highest BCUT2D eigenvalue weighted by atomic mass is 35.5. The quantitative estimate of drug-likeness (QED) is 0.626. The zero-order chi connectivity index (χ0) is 12.7. The molecule has 1 aromatic carbocycles. The summed E-state index contributed by atoms with van der Waals surface area (Å²) in [5.74, 6) is 0.508. The Kier molecular flexibility index (Phi) is 2.34. The number of nitrogens with two attached hydrogens (primary N) is 2. The molecule has 90 valence electrons. The van der Waals surface area contributed by atoms with Crippen LogP contribution in [0.4, 0.5) is 11.8 Å². The third-order valence-electron chi connectivity index (χ3n) is 2.71. The fourth-order valence-corrected chi connectivity index (χ4v) is 2.15. The summed E-state index contributed by atoms with van der Waals surface area (Å²) < 4.78 is 0. The zero-order valence-electron chi connectivity index (χ0n) is 9.31. The van der Waals surface area contributed by atoms with Gasteiger partial charge in [0.05, 0.1) is 5.39 Å². The van der Waals surface area contributed by atoms with Gasteiger partial charge >= 0.3 is 0 Å². The lowest BCUT2D eigenvalue weighted by Crippen LogP contribution is -1.99. The molecule has 5 N–H and O–H groups in total. The van der Waals surface area contributed by atoms with Gasteiger partial charge in [0.15, 0.2) is 0 Å². The number of fused-ring (bicyclic) bond motifs is 1. The third kappa shape index (κ3) is 1.65. The molecule has 0 saturated carbocycles. The van der Waals surface area contributed by atoms with Crippen LogP contribution in [0.25, 0.3) is 22.2 Å². The van der Waals surface area contributed by atoms with E-state index in [-0.39, 0.29) is 5.95 Å². The summed E-state index contributed by atoms with van der Waals surface area (Å²) in [6.07, 6.45) is 1.82. The number of nitrogens with one attached hydrogen (secondary N) is 1. The predicted octanol–water partition coefficient (Wildman–Crippen LogP) is 2.44. The monoisotopic (exact) mass is 259 g/mol. The van der Waals surface area contributed by atoms with Gasteiger partial charge in [0.1, 0.15) is 11.5 Å². The van der Waals surface area contributed by atoms with Gasteiger partial charge in [-0.2, -0.15) is 9.97 Å². The largest absolute Gasteiger partial charge is 0.383 e. The second kappa shape index (κ2) is 3.89. The van der Waals surface area contributed by atoms with Crippen LogP contribution in [0.5, 0.6) is 0 Å². The maximum atomic E-state index is 5.99. The molecule has 5 nitrogen and oxygen atoms in total. The van der Waals surface area contributed by atoms with Crippen molar-refractivity contribution in [3.63, 3.8) is 0 Å².